The molecule has 0 unspecified atom stereocenters. The summed E-state index contributed by atoms with van der Waals surface area (Å²) in [6.45, 7) is 0. The summed E-state index contributed by atoms with van der Waals surface area (Å²) < 4.78 is 4.77. The zero-order chi connectivity index (χ0) is 29.7. The molecule has 0 bridgehead atoms. The summed E-state index contributed by atoms with van der Waals surface area (Å²) in [5.74, 6) is 0. The van der Waals surface area contributed by atoms with Crippen molar-refractivity contribution in [3.05, 3.63) is 176 Å². The smallest absolute Gasteiger partial charge is 0.0562 e. The second-order valence-corrected chi connectivity index (χ2v) is 11.4. The lowest BCUT2D eigenvalue weighted by atomic mass is 10.1. The topological polar surface area (TPSA) is 13.1 Å². The van der Waals surface area contributed by atoms with Crippen molar-refractivity contribution in [1.29, 1.82) is 0 Å². The molecule has 0 radical (unpaired) electrons. The van der Waals surface area contributed by atoms with Gasteiger partial charge in [-0.25, -0.2) is 0 Å². The lowest BCUT2D eigenvalue weighted by Gasteiger charge is -2.27. The van der Waals surface area contributed by atoms with Gasteiger partial charge in [-0.2, -0.15) is 0 Å². The summed E-state index contributed by atoms with van der Waals surface area (Å²) in [5.41, 5.74) is 10.4. The summed E-state index contributed by atoms with van der Waals surface area (Å²) in [5, 5.41) is 4.95. The molecule has 0 saturated carbocycles. The minimum atomic E-state index is 1.11. The molecule has 9 rings (SSSR count). The number of aromatic nitrogens is 2. The third-order valence-corrected chi connectivity index (χ3v) is 8.88. The molecule has 3 nitrogen and oxygen atoms in total. The van der Waals surface area contributed by atoms with Crippen molar-refractivity contribution >= 4 is 60.7 Å². The molecular weight excluding hydrogens is 546 g/mol. The van der Waals surface area contributed by atoms with E-state index in [1.807, 2.05) is 0 Å². The number of benzene rings is 7. The maximum absolute atomic E-state index is 2.41. The van der Waals surface area contributed by atoms with Crippen LogP contribution in [0.2, 0.25) is 0 Å². The van der Waals surface area contributed by atoms with E-state index in [0.717, 1.165) is 28.4 Å². The molecule has 9 aromatic rings. The zero-order valence-corrected chi connectivity index (χ0v) is 24.6. The van der Waals surface area contributed by atoms with Gasteiger partial charge in [0, 0.05) is 44.3 Å². The van der Waals surface area contributed by atoms with Gasteiger partial charge in [0.2, 0.25) is 0 Å². The summed E-state index contributed by atoms with van der Waals surface area (Å²) >= 11 is 0. The van der Waals surface area contributed by atoms with Crippen molar-refractivity contribution in [1.82, 2.24) is 9.13 Å². The first-order chi connectivity index (χ1) is 22.4. The van der Waals surface area contributed by atoms with Crippen LogP contribution in [0, 0.1) is 0 Å². The Labute approximate surface area is 261 Å². The average molecular weight is 576 g/mol. The summed E-state index contributed by atoms with van der Waals surface area (Å²) in [7, 11) is 0. The van der Waals surface area contributed by atoms with Crippen molar-refractivity contribution < 1.29 is 0 Å². The van der Waals surface area contributed by atoms with Gasteiger partial charge in [0.25, 0.3) is 0 Å². The minimum absolute atomic E-state index is 1.11. The Balaban J connectivity index is 1.36. The molecule has 0 N–H and O–H groups in total. The second-order valence-electron chi connectivity index (χ2n) is 11.4. The Morgan fingerprint density at radius 1 is 0.333 bits per heavy atom. The fraction of sp³-hybridized carbons (Fsp3) is 0. The van der Waals surface area contributed by atoms with Crippen LogP contribution >= 0.6 is 0 Å². The predicted octanol–water partition coefficient (Wildman–Crippen LogP) is 11.4. The van der Waals surface area contributed by atoms with E-state index in [9.17, 15) is 0 Å². The number of hydrogen-bond acceptors (Lipinski definition) is 1. The minimum Gasteiger partial charge on any atom is -0.310 e. The second kappa shape index (κ2) is 10.3. The highest BCUT2D eigenvalue weighted by Crippen LogP contribution is 2.45. The van der Waals surface area contributed by atoms with Gasteiger partial charge in [-0.05, 0) is 72.8 Å². The average Bonchev–Trinajstić information content (AvgIpc) is 3.63. The highest BCUT2D eigenvalue weighted by atomic mass is 15.1. The molecule has 0 fully saturated rings. The lowest BCUT2D eigenvalue weighted by molar-refractivity contribution is 1.17. The van der Waals surface area contributed by atoms with Gasteiger partial charge in [0.05, 0.1) is 27.8 Å². The number of para-hydroxylation sites is 5. The van der Waals surface area contributed by atoms with Crippen LogP contribution in [0.1, 0.15) is 0 Å². The Morgan fingerprint density at radius 2 is 0.844 bits per heavy atom. The van der Waals surface area contributed by atoms with E-state index in [1.54, 1.807) is 0 Å². The first-order valence-electron chi connectivity index (χ1n) is 15.4. The number of hydrogen-bond donors (Lipinski definition) is 0. The van der Waals surface area contributed by atoms with Crippen LogP contribution in [0.25, 0.3) is 55.0 Å². The molecule has 0 saturated heterocycles. The maximum atomic E-state index is 2.41. The number of fused-ring (bicyclic) bond motifs is 6. The van der Waals surface area contributed by atoms with Crippen LogP contribution < -0.4 is 4.90 Å². The van der Waals surface area contributed by atoms with Gasteiger partial charge in [-0.3, -0.25) is 0 Å². The summed E-state index contributed by atoms with van der Waals surface area (Å²) in [6.07, 6.45) is 0. The molecule has 2 heterocycles. The predicted molar refractivity (Wildman–Crippen MR) is 190 cm³/mol. The highest BCUT2D eigenvalue weighted by Gasteiger charge is 2.22. The number of nitrogens with zero attached hydrogens (tertiary/aromatic N) is 3. The van der Waals surface area contributed by atoms with Gasteiger partial charge in [0.15, 0.2) is 0 Å². The van der Waals surface area contributed by atoms with E-state index in [0.29, 0.717) is 0 Å². The Bertz CT molecular complexity index is 2470. The van der Waals surface area contributed by atoms with Crippen LogP contribution in [0.5, 0.6) is 0 Å². The van der Waals surface area contributed by atoms with Gasteiger partial charge < -0.3 is 14.0 Å². The number of rotatable bonds is 5. The van der Waals surface area contributed by atoms with Crippen LogP contribution in [-0.4, -0.2) is 9.13 Å². The van der Waals surface area contributed by atoms with Crippen molar-refractivity contribution in [3.63, 3.8) is 0 Å². The molecule has 2 aromatic heterocycles. The summed E-state index contributed by atoms with van der Waals surface area (Å²) in [4.78, 5) is 2.41. The third-order valence-electron chi connectivity index (χ3n) is 8.88. The monoisotopic (exact) mass is 575 g/mol. The molecule has 0 aliphatic heterocycles. The van der Waals surface area contributed by atoms with Crippen LogP contribution in [-0.2, 0) is 0 Å². The van der Waals surface area contributed by atoms with Crippen molar-refractivity contribution in [2.24, 2.45) is 0 Å². The first kappa shape index (κ1) is 25.4. The van der Waals surface area contributed by atoms with Gasteiger partial charge in [-0.1, -0.05) is 103 Å². The largest absolute Gasteiger partial charge is 0.310 e. The lowest BCUT2D eigenvalue weighted by Crippen LogP contribution is -2.10. The van der Waals surface area contributed by atoms with E-state index in [1.165, 1.54) is 43.6 Å². The van der Waals surface area contributed by atoms with Crippen molar-refractivity contribution in [3.8, 4) is 11.4 Å². The van der Waals surface area contributed by atoms with Crippen LogP contribution in [0.3, 0.4) is 0 Å². The van der Waals surface area contributed by atoms with Crippen LogP contribution in [0.15, 0.2) is 176 Å². The fourth-order valence-electron chi connectivity index (χ4n) is 7.00. The van der Waals surface area contributed by atoms with Gasteiger partial charge in [-0.15, -0.1) is 0 Å². The quantitative estimate of drug-likeness (QED) is 0.199. The molecule has 45 heavy (non-hydrogen) atoms. The Hall–Kier alpha value is -6.06. The van der Waals surface area contributed by atoms with Crippen molar-refractivity contribution in [2.75, 3.05) is 4.90 Å². The zero-order valence-electron chi connectivity index (χ0n) is 24.6. The third kappa shape index (κ3) is 3.98. The van der Waals surface area contributed by atoms with Gasteiger partial charge in [0.1, 0.15) is 0 Å². The molecule has 0 aliphatic carbocycles. The molecule has 0 atom stereocenters. The SMILES string of the molecule is c1ccc(N(c2ccc3c4ccccc4n(-c4ccccc4)c3c2)c2cccc3c2c2ccccc2n3-c2ccccc2)cc1. The molecule has 0 aliphatic rings. The van der Waals surface area contributed by atoms with E-state index in [-0.39, 0.29) is 0 Å². The van der Waals surface area contributed by atoms with E-state index in [2.05, 4.69) is 190 Å². The van der Waals surface area contributed by atoms with Gasteiger partial charge >= 0.3 is 0 Å². The summed E-state index contributed by atoms with van der Waals surface area (Å²) in [6, 6.07) is 63.1. The van der Waals surface area contributed by atoms with E-state index < -0.39 is 0 Å². The number of anilines is 3. The highest BCUT2D eigenvalue weighted by molar-refractivity contribution is 6.17. The fourth-order valence-corrected chi connectivity index (χ4v) is 7.00. The molecule has 3 heteroatoms. The first-order valence-corrected chi connectivity index (χ1v) is 15.4. The molecule has 0 spiro atoms. The molecular formula is C42H29N3. The van der Waals surface area contributed by atoms with E-state index >= 15 is 0 Å². The maximum Gasteiger partial charge on any atom is 0.0562 e. The van der Waals surface area contributed by atoms with Crippen molar-refractivity contribution in [2.45, 2.75) is 0 Å². The Kier molecular flexibility index (Phi) is 5.82. The molecule has 7 aromatic carbocycles. The Morgan fingerprint density at radius 3 is 1.53 bits per heavy atom. The molecule has 212 valence electrons. The standard InChI is InChI=1S/C42H29N3/c1-4-15-30(16-5-1)43(33-27-28-35-34-21-10-12-23-37(34)45(41(35)29-33)32-19-8-3-9-20-32)39-25-14-26-40-42(39)36-22-11-13-24-38(36)44(40)31-17-6-2-7-18-31/h1-29H. The normalized spacial score (nSPS) is 11.6. The molecule has 0 amide bonds. The van der Waals surface area contributed by atoms with Crippen LogP contribution in [0.4, 0.5) is 17.1 Å². The van der Waals surface area contributed by atoms with E-state index in [4.69, 9.17) is 0 Å².